The maximum atomic E-state index is 12.9. The lowest BCUT2D eigenvalue weighted by atomic mass is 10.2. The van der Waals surface area contributed by atoms with Crippen molar-refractivity contribution in [2.24, 2.45) is 4.99 Å². The minimum absolute atomic E-state index is 0.0685. The van der Waals surface area contributed by atoms with Crippen molar-refractivity contribution in [3.05, 3.63) is 59.9 Å². The average Bonchev–Trinajstić information content (AvgIpc) is 3.21. The molecule has 0 atom stereocenters. The Kier molecular flexibility index (Phi) is 4.11. The maximum absolute atomic E-state index is 12.9. The number of phenols is 1. The lowest BCUT2D eigenvalue weighted by Crippen LogP contribution is -2.11. The van der Waals surface area contributed by atoms with Crippen LogP contribution < -0.4 is 0 Å². The van der Waals surface area contributed by atoms with Crippen LogP contribution in [-0.2, 0) is 6.18 Å². The highest BCUT2D eigenvalue weighted by Gasteiger charge is 2.38. The van der Waals surface area contributed by atoms with Gasteiger partial charge in [-0.2, -0.15) is 22.8 Å². The predicted octanol–water partition coefficient (Wildman–Crippen LogP) is 4.33. The zero-order valence-corrected chi connectivity index (χ0v) is 14.2. The molecule has 6 nitrogen and oxygen atoms in total. The number of nitrogens with zero attached hydrogens (tertiary/aromatic N) is 5. The monoisotopic (exact) mass is 389 g/mol. The van der Waals surface area contributed by atoms with E-state index in [0.717, 1.165) is 11.3 Å². The molecule has 2 aromatic heterocycles. The van der Waals surface area contributed by atoms with E-state index in [4.69, 9.17) is 0 Å². The van der Waals surface area contributed by atoms with Gasteiger partial charge in [-0.05, 0) is 36.4 Å². The van der Waals surface area contributed by atoms with E-state index in [1.807, 2.05) is 0 Å². The zero-order valence-electron chi connectivity index (χ0n) is 13.4. The van der Waals surface area contributed by atoms with E-state index in [1.54, 1.807) is 48.5 Å². The van der Waals surface area contributed by atoms with Crippen LogP contribution in [0.3, 0.4) is 0 Å². The first kappa shape index (κ1) is 17.2. The van der Waals surface area contributed by atoms with Crippen molar-refractivity contribution in [3.63, 3.8) is 0 Å². The summed E-state index contributed by atoms with van der Waals surface area (Å²) in [6.07, 6.45) is -3.09. The molecule has 0 aliphatic rings. The van der Waals surface area contributed by atoms with Gasteiger partial charge in [-0.1, -0.05) is 23.5 Å². The van der Waals surface area contributed by atoms with Gasteiger partial charge in [0, 0.05) is 17.3 Å². The normalized spacial score (nSPS) is 12.3. The van der Waals surface area contributed by atoms with Crippen LogP contribution in [0.2, 0.25) is 0 Å². The number of phenolic OH excluding ortho intramolecular Hbond substituents is 1. The van der Waals surface area contributed by atoms with E-state index in [0.29, 0.717) is 26.3 Å². The standard InChI is InChI=1S/C17H10F3N5OS/c18-17(19,20)15-22-23-16-25(15)24-14(27-16)10-5-7-12(8-6-10)21-9-11-3-1-2-4-13(11)26/h1-9,26H. The van der Waals surface area contributed by atoms with Crippen LogP contribution in [0.5, 0.6) is 5.75 Å². The summed E-state index contributed by atoms with van der Waals surface area (Å²) in [5, 5.41) is 20.7. The molecule has 0 fully saturated rings. The molecule has 136 valence electrons. The van der Waals surface area contributed by atoms with E-state index in [9.17, 15) is 18.3 Å². The summed E-state index contributed by atoms with van der Waals surface area (Å²) < 4.78 is 39.3. The highest BCUT2D eigenvalue weighted by Crippen LogP contribution is 2.32. The van der Waals surface area contributed by atoms with Gasteiger partial charge in [0.15, 0.2) is 0 Å². The summed E-state index contributed by atoms with van der Waals surface area (Å²) in [7, 11) is 0. The number of benzene rings is 2. The van der Waals surface area contributed by atoms with Crippen molar-refractivity contribution in [1.29, 1.82) is 0 Å². The Balaban J connectivity index is 1.60. The topological polar surface area (TPSA) is 75.7 Å². The molecular weight excluding hydrogens is 379 g/mol. The SMILES string of the molecule is Oc1ccccc1C=Nc1ccc(-c2nn3c(C(F)(F)F)nnc3s2)cc1. The summed E-state index contributed by atoms with van der Waals surface area (Å²) >= 11 is 1.01. The van der Waals surface area contributed by atoms with Gasteiger partial charge in [0.25, 0.3) is 5.82 Å². The fourth-order valence-electron chi connectivity index (χ4n) is 2.34. The van der Waals surface area contributed by atoms with Crippen molar-refractivity contribution in [2.75, 3.05) is 0 Å². The number of rotatable bonds is 3. The molecule has 0 bridgehead atoms. The van der Waals surface area contributed by atoms with E-state index < -0.39 is 12.0 Å². The third kappa shape index (κ3) is 3.38. The van der Waals surface area contributed by atoms with Crippen LogP contribution in [0.15, 0.2) is 53.5 Å². The van der Waals surface area contributed by atoms with Crippen LogP contribution in [-0.4, -0.2) is 31.1 Å². The maximum Gasteiger partial charge on any atom is 0.453 e. The molecule has 0 saturated carbocycles. The van der Waals surface area contributed by atoms with Gasteiger partial charge in [-0.3, -0.25) is 4.99 Å². The average molecular weight is 389 g/mol. The summed E-state index contributed by atoms with van der Waals surface area (Å²) in [6, 6.07) is 13.6. The first-order chi connectivity index (χ1) is 12.9. The molecule has 0 spiro atoms. The molecule has 0 unspecified atom stereocenters. The van der Waals surface area contributed by atoms with Crippen molar-refractivity contribution in [1.82, 2.24) is 19.8 Å². The van der Waals surface area contributed by atoms with Crippen molar-refractivity contribution >= 4 is 28.2 Å². The van der Waals surface area contributed by atoms with E-state index in [1.165, 1.54) is 6.21 Å². The number of hydrogen-bond donors (Lipinski definition) is 1. The summed E-state index contributed by atoms with van der Waals surface area (Å²) in [6.45, 7) is 0. The molecule has 0 amide bonds. The first-order valence-electron chi connectivity index (χ1n) is 7.64. The Morgan fingerprint density at radius 1 is 1.04 bits per heavy atom. The molecular formula is C17H10F3N5OS. The zero-order chi connectivity index (χ0) is 19.0. The second kappa shape index (κ2) is 6.47. The molecule has 10 heteroatoms. The van der Waals surface area contributed by atoms with Gasteiger partial charge in [-0.15, -0.1) is 10.2 Å². The lowest BCUT2D eigenvalue weighted by molar-refractivity contribution is -0.146. The van der Waals surface area contributed by atoms with Gasteiger partial charge in [0.05, 0.1) is 5.69 Å². The number of fused-ring (bicyclic) bond motifs is 1. The van der Waals surface area contributed by atoms with Gasteiger partial charge in [0.2, 0.25) is 4.96 Å². The highest BCUT2D eigenvalue weighted by atomic mass is 32.1. The minimum atomic E-state index is -4.62. The molecule has 1 N–H and O–H groups in total. The second-order valence-corrected chi connectivity index (χ2v) is 6.44. The predicted molar refractivity (Wildman–Crippen MR) is 94.5 cm³/mol. The van der Waals surface area contributed by atoms with Crippen LogP contribution in [0.25, 0.3) is 15.5 Å². The molecule has 2 aromatic carbocycles. The Morgan fingerprint density at radius 3 is 2.48 bits per heavy atom. The summed E-state index contributed by atoms with van der Waals surface area (Å²) in [4.78, 5) is 4.34. The van der Waals surface area contributed by atoms with Crippen molar-refractivity contribution in [3.8, 4) is 16.3 Å². The quantitative estimate of drug-likeness (QED) is 0.529. The van der Waals surface area contributed by atoms with Crippen LogP contribution >= 0.6 is 11.3 Å². The third-order valence-corrected chi connectivity index (χ3v) is 4.60. The highest BCUT2D eigenvalue weighted by molar-refractivity contribution is 7.19. The van der Waals surface area contributed by atoms with E-state index in [-0.39, 0.29) is 10.7 Å². The molecule has 0 aliphatic carbocycles. The van der Waals surface area contributed by atoms with Gasteiger partial charge in [0.1, 0.15) is 10.8 Å². The Morgan fingerprint density at radius 2 is 1.78 bits per heavy atom. The molecule has 0 saturated heterocycles. The van der Waals surface area contributed by atoms with Gasteiger partial charge >= 0.3 is 6.18 Å². The summed E-state index contributed by atoms with van der Waals surface area (Å²) in [5.74, 6) is -1.03. The van der Waals surface area contributed by atoms with Crippen LogP contribution in [0.1, 0.15) is 11.4 Å². The molecule has 27 heavy (non-hydrogen) atoms. The first-order valence-corrected chi connectivity index (χ1v) is 8.45. The number of halogens is 3. The smallest absolute Gasteiger partial charge is 0.453 e. The van der Waals surface area contributed by atoms with Crippen molar-refractivity contribution in [2.45, 2.75) is 6.18 Å². The van der Waals surface area contributed by atoms with E-state index >= 15 is 0 Å². The molecule has 2 heterocycles. The third-order valence-electron chi connectivity index (χ3n) is 3.65. The molecule has 0 aliphatic heterocycles. The summed E-state index contributed by atoms with van der Waals surface area (Å²) in [5.41, 5.74) is 1.84. The number of aromatic hydroxyl groups is 1. The largest absolute Gasteiger partial charge is 0.507 e. The lowest BCUT2D eigenvalue weighted by Gasteiger charge is -2.00. The number of hydrogen-bond acceptors (Lipinski definition) is 6. The number of aliphatic imine (C=N–C) groups is 1. The van der Waals surface area contributed by atoms with Crippen LogP contribution in [0, 0.1) is 0 Å². The Bertz CT molecular complexity index is 1130. The van der Waals surface area contributed by atoms with E-state index in [2.05, 4.69) is 20.3 Å². The minimum Gasteiger partial charge on any atom is -0.507 e. The fraction of sp³-hybridized carbons (Fsp3) is 0.0588. The molecule has 4 aromatic rings. The van der Waals surface area contributed by atoms with Crippen molar-refractivity contribution < 1.29 is 18.3 Å². The number of para-hydroxylation sites is 1. The molecule has 4 rings (SSSR count). The fourth-order valence-corrected chi connectivity index (χ4v) is 3.19. The number of alkyl halides is 3. The molecule has 0 radical (unpaired) electrons. The second-order valence-electron chi connectivity index (χ2n) is 5.49. The Labute approximate surface area is 154 Å². The van der Waals surface area contributed by atoms with Crippen LogP contribution in [0.4, 0.5) is 18.9 Å². The number of aromatic nitrogens is 4. The Hall–Kier alpha value is -3.27. The van der Waals surface area contributed by atoms with Gasteiger partial charge in [-0.25, -0.2) is 0 Å². The van der Waals surface area contributed by atoms with Gasteiger partial charge < -0.3 is 5.11 Å².